The van der Waals surface area contributed by atoms with E-state index in [1.807, 2.05) is 12.1 Å². The van der Waals surface area contributed by atoms with E-state index in [4.69, 9.17) is 21.1 Å². The van der Waals surface area contributed by atoms with Crippen LogP contribution in [0.1, 0.15) is 45.6 Å². The molecule has 1 aromatic heterocycles. The van der Waals surface area contributed by atoms with Crippen LogP contribution in [-0.2, 0) is 20.9 Å². The topological polar surface area (TPSA) is 149 Å². The Balaban J connectivity index is 1.17. The number of nitrogens with one attached hydrogen (secondary N) is 1. The second-order valence-electron chi connectivity index (χ2n) is 12.6. The number of halogens is 1. The second kappa shape index (κ2) is 12.1. The molecule has 3 aromatic carbocycles. The molecule has 2 saturated carbocycles. The van der Waals surface area contributed by atoms with Gasteiger partial charge in [0.05, 0.1) is 39.6 Å². The summed E-state index contributed by atoms with van der Waals surface area (Å²) in [4.78, 5) is 69.5. The maximum Gasteiger partial charge on any atom is 0.338 e. The van der Waals surface area contributed by atoms with E-state index in [1.165, 1.54) is 28.8 Å². The Morgan fingerprint density at radius 1 is 1.02 bits per heavy atom. The van der Waals surface area contributed by atoms with Crippen molar-refractivity contribution < 1.29 is 28.8 Å². The summed E-state index contributed by atoms with van der Waals surface area (Å²) in [5, 5.41) is 13.2. The van der Waals surface area contributed by atoms with Gasteiger partial charge in [0.25, 0.3) is 5.69 Å². The normalized spacial score (nSPS) is 26.3. The van der Waals surface area contributed by atoms with E-state index in [0.717, 1.165) is 21.8 Å². The number of non-ortho nitro benzene ring substituents is 1. The Morgan fingerprint density at radius 3 is 2.43 bits per heavy atom. The van der Waals surface area contributed by atoms with Gasteiger partial charge in [-0.15, -0.1) is 11.8 Å². The molecule has 1 N–H and O–H groups in total. The van der Waals surface area contributed by atoms with Crippen molar-refractivity contribution in [2.75, 3.05) is 11.5 Å². The van der Waals surface area contributed by atoms with Gasteiger partial charge in [0.2, 0.25) is 11.8 Å². The van der Waals surface area contributed by atoms with Gasteiger partial charge in [-0.1, -0.05) is 35.1 Å². The van der Waals surface area contributed by atoms with Crippen molar-refractivity contribution in [1.29, 1.82) is 0 Å². The fourth-order valence-electron chi connectivity index (χ4n) is 8.35. The van der Waals surface area contributed by atoms with Gasteiger partial charge in [-0.2, -0.15) is 0 Å². The summed E-state index contributed by atoms with van der Waals surface area (Å²) in [6, 6.07) is 18.0. The molecule has 2 bridgehead atoms. The standard InChI is InChI=1S/C35H28ClN3O8S2/c1-2-46-34(42)17-5-9-19(10-6-17)38-32(40)27-22-14-23(28(27)33(38)41)29-26(22)25(30-31(48-29)37-35(43)49-30)21-13-20(39(44)45)11-12-24(21)47-15-16-3-7-18(36)8-4-16/h3-13,22-23,25-29H,2,14-15H2,1H3,(H,37,43)/t22?,23?,25-,26?,27?,28?,29?/m1/s1. The van der Waals surface area contributed by atoms with E-state index in [9.17, 15) is 29.3 Å². The summed E-state index contributed by atoms with van der Waals surface area (Å²) in [6.07, 6.45) is 0.649. The number of aromatic amines is 1. The summed E-state index contributed by atoms with van der Waals surface area (Å²) in [7, 11) is 0. The fraction of sp³-hybridized carbons (Fsp3) is 0.314. The molecule has 11 nitrogen and oxygen atoms in total. The molecule has 4 aromatic rings. The number of imide groups is 1. The Hall–Kier alpha value is -4.46. The molecule has 3 heterocycles. The van der Waals surface area contributed by atoms with E-state index >= 15 is 0 Å². The predicted molar refractivity (Wildman–Crippen MR) is 182 cm³/mol. The van der Waals surface area contributed by atoms with Crippen LogP contribution in [0, 0.1) is 39.7 Å². The van der Waals surface area contributed by atoms with Gasteiger partial charge in [0.1, 0.15) is 12.4 Å². The number of thioether (sulfide) groups is 1. The zero-order chi connectivity index (χ0) is 34.1. The van der Waals surface area contributed by atoms with E-state index in [2.05, 4.69) is 4.98 Å². The first-order valence-corrected chi connectivity index (χ1v) is 17.9. The number of ether oxygens (including phenoxy) is 2. The number of nitro benzene ring substituents is 1. The highest BCUT2D eigenvalue weighted by atomic mass is 35.5. The number of carbonyl (C=O) groups is 3. The van der Waals surface area contributed by atoms with Gasteiger partial charge >= 0.3 is 10.8 Å². The van der Waals surface area contributed by atoms with Crippen LogP contribution >= 0.6 is 34.7 Å². The van der Waals surface area contributed by atoms with Gasteiger partial charge in [-0.25, -0.2) is 4.79 Å². The number of rotatable bonds is 8. The number of hydrogen-bond donors (Lipinski definition) is 1. The van der Waals surface area contributed by atoms with Gasteiger partial charge in [-0.05, 0) is 79.1 Å². The van der Waals surface area contributed by atoms with E-state index in [-0.39, 0.29) is 58.6 Å². The number of amides is 2. The number of benzene rings is 3. The Bertz CT molecular complexity index is 2080. The third-order valence-corrected chi connectivity index (χ3v) is 13.0. The summed E-state index contributed by atoms with van der Waals surface area (Å²) in [6.45, 7) is 2.12. The molecule has 49 heavy (non-hydrogen) atoms. The molecule has 3 fully saturated rings. The lowest BCUT2D eigenvalue weighted by Gasteiger charge is -2.43. The lowest BCUT2D eigenvalue weighted by molar-refractivity contribution is -0.385. The van der Waals surface area contributed by atoms with E-state index in [1.54, 1.807) is 49.4 Å². The Kier molecular flexibility index (Phi) is 7.88. The second-order valence-corrected chi connectivity index (χ2v) is 15.3. The van der Waals surface area contributed by atoms with Crippen molar-refractivity contribution >= 4 is 63.9 Å². The van der Waals surface area contributed by atoms with Crippen LogP contribution in [0.25, 0.3) is 0 Å². The highest BCUT2D eigenvalue weighted by Crippen LogP contribution is 2.69. The molecule has 2 aliphatic heterocycles. The number of nitrogens with zero attached hydrogens (tertiary/aromatic N) is 2. The molecule has 8 rings (SSSR count). The number of carbonyl (C=O) groups excluding carboxylic acids is 3. The molecule has 2 amide bonds. The van der Waals surface area contributed by atoms with Crippen molar-refractivity contribution in [2.24, 2.45) is 29.6 Å². The number of fused-ring (bicyclic) bond motifs is 9. The molecular formula is C35H28ClN3O8S2. The molecule has 7 atom stereocenters. The average molecular weight is 718 g/mol. The van der Waals surface area contributed by atoms with Crippen LogP contribution in [0.2, 0.25) is 5.02 Å². The lowest BCUT2D eigenvalue weighted by atomic mass is 9.68. The van der Waals surface area contributed by atoms with Gasteiger partial charge in [-0.3, -0.25) is 29.4 Å². The molecule has 1 saturated heterocycles. The monoisotopic (exact) mass is 717 g/mol. The lowest BCUT2D eigenvalue weighted by Crippen LogP contribution is -2.42. The Labute approximate surface area is 292 Å². The van der Waals surface area contributed by atoms with Crippen LogP contribution < -0.4 is 14.5 Å². The minimum absolute atomic E-state index is 0.112. The van der Waals surface area contributed by atoms with Crippen LogP contribution in [-0.4, -0.2) is 39.5 Å². The highest BCUT2D eigenvalue weighted by Gasteiger charge is 2.70. The Morgan fingerprint density at radius 2 is 1.73 bits per heavy atom. The molecular weight excluding hydrogens is 690 g/mol. The van der Waals surface area contributed by atoms with Crippen LogP contribution in [0.3, 0.4) is 0 Å². The smallest absolute Gasteiger partial charge is 0.338 e. The van der Waals surface area contributed by atoms with Crippen molar-refractivity contribution in [2.45, 2.75) is 36.1 Å². The summed E-state index contributed by atoms with van der Waals surface area (Å²) >= 11 is 8.66. The minimum atomic E-state index is -0.582. The number of aromatic nitrogens is 1. The quantitative estimate of drug-likeness (QED) is 0.0942. The molecule has 0 radical (unpaired) electrons. The number of nitro groups is 1. The molecule has 14 heteroatoms. The third-order valence-electron chi connectivity index (χ3n) is 10.2. The minimum Gasteiger partial charge on any atom is -0.489 e. The molecule has 0 spiro atoms. The molecule has 2 aliphatic carbocycles. The predicted octanol–water partition coefficient (Wildman–Crippen LogP) is 6.43. The zero-order valence-electron chi connectivity index (χ0n) is 25.9. The van der Waals surface area contributed by atoms with Gasteiger partial charge < -0.3 is 14.5 Å². The molecule has 6 unspecified atom stereocenters. The SMILES string of the molecule is CCOC(=O)c1ccc(N2C(=O)C3C4CC(C3C2=O)C2C4Sc3[nH]c(=O)sc3[C@@H]2c2cc([N+](=O)[O-])ccc2OCc2ccc(Cl)cc2)cc1. The third kappa shape index (κ3) is 5.17. The van der Waals surface area contributed by atoms with Crippen LogP contribution in [0.4, 0.5) is 11.4 Å². The van der Waals surface area contributed by atoms with E-state index in [0.29, 0.717) is 39.0 Å². The molecule has 4 aliphatic rings. The number of H-pyrrole nitrogens is 1. The van der Waals surface area contributed by atoms with Crippen LogP contribution in [0.15, 0.2) is 76.6 Å². The number of esters is 1. The summed E-state index contributed by atoms with van der Waals surface area (Å²) in [5.41, 5.74) is 2.03. The first kappa shape index (κ1) is 31.8. The fourth-order valence-corrected chi connectivity index (χ4v) is 11.4. The summed E-state index contributed by atoms with van der Waals surface area (Å²) < 4.78 is 11.4. The maximum atomic E-state index is 14.2. The number of anilines is 1. The van der Waals surface area contributed by atoms with Crippen molar-refractivity contribution in [1.82, 2.24) is 4.98 Å². The first-order valence-electron chi connectivity index (χ1n) is 15.8. The number of hydrogen-bond acceptors (Lipinski definition) is 10. The largest absolute Gasteiger partial charge is 0.489 e. The van der Waals surface area contributed by atoms with Crippen molar-refractivity contribution in [3.8, 4) is 5.75 Å². The van der Waals surface area contributed by atoms with Gasteiger partial charge in [0.15, 0.2) is 0 Å². The average Bonchev–Trinajstić information content (AvgIpc) is 3.83. The first-order chi connectivity index (χ1) is 23.6. The van der Waals surface area contributed by atoms with E-state index < -0.39 is 28.6 Å². The van der Waals surface area contributed by atoms with Crippen molar-refractivity contribution in [3.05, 3.63) is 113 Å². The number of thiazole rings is 1. The highest BCUT2D eigenvalue weighted by molar-refractivity contribution is 8.00. The van der Waals surface area contributed by atoms with Crippen molar-refractivity contribution in [3.63, 3.8) is 0 Å². The van der Waals surface area contributed by atoms with Gasteiger partial charge in [0, 0.05) is 38.8 Å². The van der Waals surface area contributed by atoms with Crippen LogP contribution in [0.5, 0.6) is 5.75 Å². The zero-order valence-corrected chi connectivity index (χ0v) is 28.3. The molecule has 250 valence electrons. The summed E-state index contributed by atoms with van der Waals surface area (Å²) in [5.74, 6) is -2.77. The maximum absolute atomic E-state index is 14.2.